The van der Waals surface area contributed by atoms with Gasteiger partial charge in [-0.2, -0.15) is 0 Å². The van der Waals surface area contributed by atoms with Gasteiger partial charge >= 0.3 is 0 Å². The van der Waals surface area contributed by atoms with Crippen LogP contribution in [0.4, 0.5) is 11.5 Å². The molecule has 0 saturated carbocycles. The lowest BCUT2D eigenvalue weighted by molar-refractivity contribution is 0.102. The molecule has 0 radical (unpaired) electrons. The second-order valence-electron chi connectivity index (χ2n) is 5.79. The molecule has 1 amide bonds. The van der Waals surface area contributed by atoms with Crippen molar-refractivity contribution in [1.29, 1.82) is 0 Å². The summed E-state index contributed by atoms with van der Waals surface area (Å²) >= 11 is 11.9. The molecule has 1 aromatic carbocycles. The van der Waals surface area contributed by atoms with Crippen LogP contribution in [0.3, 0.4) is 0 Å². The quantitative estimate of drug-likeness (QED) is 0.883. The van der Waals surface area contributed by atoms with Crippen LogP contribution < -0.4 is 10.2 Å². The van der Waals surface area contributed by atoms with E-state index in [1.807, 2.05) is 0 Å². The molecule has 0 aliphatic carbocycles. The van der Waals surface area contributed by atoms with Gasteiger partial charge in [0, 0.05) is 41.9 Å². The molecule has 0 bridgehead atoms. The van der Waals surface area contributed by atoms with E-state index in [9.17, 15) is 4.79 Å². The Kier molecular flexibility index (Phi) is 5.73. The standard InChI is InChI=1S/C17H19Cl2N5O/c1-2-23-3-5-24(6-4-23)16-11-20-15(10-21-16)17(25)22-14-8-12(18)7-13(19)9-14/h7-11H,2-6H2,1H3,(H,22,25). The summed E-state index contributed by atoms with van der Waals surface area (Å²) in [5.41, 5.74) is 0.760. The predicted octanol–water partition coefficient (Wildman–Crippen LogP) is 3.18. The molecule has 132 valence electrons. The maximum absolute atomic E-state index is 12.3. The van der Waals surface area contributed by atoms with Crippen LogP contribution >= 0.6 is 23.2 Å². The number of hydrogen-bond donors (Lipinski definition) is 1. The SMILES string of the molecule is CCN1CCN(c2cnc(C(=O)Nc3cc(Cl)cc(Cl)c3)cn2)CC1. The monoisotopic (exact) mass is 379 g/mol. The van der Waals surface area contributed by atoms with E-state index >= 15 is 0 Å². The summed E-state index contributed by atoms with van der Waals surface area (Å²) < 4.78 is 0. The summed E-state index contributed by atoms with van der Waals surface area (Å²) in [6.45, 7) is 7.07. The highest BCUT2D eigenvalue weighted by atomic mass is 35.5. The number of aromatic nitrogens is 2. The smallest absolute Gasteiger partial charge is 0.275 e. The van der Waals surface area contributed by atoms with E-state index in [1.165, 1.54) is 6.20 Å². The summed E-state index contributed by atoms with van der Waals surface area (Å²) in [5, 5.41) is 3.63. The third kappa shape index (κ3) is 4.60. The number of carbonyl (C=O) groups is 1. The molecule has 25 heavy (non-hydrogen) atoms. The van der Waals surface area contributed by atoms with Gasteiger partial charge in [-0.15, -0.1) is 0 Å². The van der Waals surface area contributed by atoms with Crippen molar-refractivity contribution < 1.29 is 4.79 Å². The van der Waals surface area contributed by atoms with Crippen LogP contribution in [0.25, 0.3) is 0 Å². The van der Waals surface area contributed by atoms with Crippen LogP contribution in [0.1, 0.15) is 17.4 Å². The Labute approximate surface area is 156 Å². The number of rotatable bonds is 4. The Morgan fingerprint density at radius 3 is 2.32 bits per heavy atom. The van der Waals surface area contributed by atoms with Gasteiger partial charge in [-0.1, -0.05) is 30.1 Å². The van der Waals surface area contributed by atoms with Crippen molar-refractivity contribution in [3.05, 3.63) is 46.3 Å². The number of likely N-dealkylation sites (N-methyl/N-ethyl adjacent to an activating group) is 1. The molecule has 6 nitrogen and oxygen atoms in total. The molecule has 3 rings (SSSR count). The Bertz CT molecular complexity index is 725. The summed E-state index contributed by atoms with van der Waals surface area (Å²) in [5.74, 6) is 0.436. The molecule has 2 aromatic rings. The Morgan fingerprint density at radius 1 is 1.08 bits per heavy atom. The van der Waals surface area contributed by atoms with Crippen molar-refractivity contribution in [3.63, 3.8) is 0 Å². The molecule has 1 saturated heterocycles. The second-order valence-corrected chi connectivity index (χ2v) is 6.67. The zero-order valence-electron chi connectivity index (χ0n) is 13.9. The fourth-order valence-corrected chi connectivity index (χ4v) is 3.24. The van der Waals surface area contributed by atoms with Crippen LogP contribution in [0.5, 0.6) is 0 Å². The number of piperazine rings is 1. The molecule has 1 N–H and O–H groups in total. The number of carbonyl (C=O) groups excluding carboxylic acids is 1. The van der Waals surface area contributed by atoms with E-state index in [0.717, 1.165) is 38.5 Å². The van der Waals surface area contributed by atoms with E-state index in [1.54, 1.807) is 24.4 Å². The molecule has 0 atom stereocenters. The highest BCUT2D eigenvalue weighted by Crippen LogP contribution is 2.22. The maximum atomic E-state index is 12.3. The molecular weight excluding hydrogens is 361 g/mol. The molecule has 0 unspecified atom stereocenters. The van der Waals surface area contributed by atoms with E-state index in [-0.39, 0.29) is 11.6 Å². The summed E-state index contributed by atoms with van der Waals surface area (Å²) in [6.07, 6.45) is 3.13. The van der Waals surface area contributed by atoms with Crippen LogP contribution in [-0.2, 0) is 0 Å². The highest BCUT2D eigenvalue weighted by Gasteiger charge is 2.17. The maximum Gasteiger partial charge on any atom is 0.275 e. The van der Waals surface area contributed by atoms with Gasteiger partial charge in [-0.05, 0) is 24.7 Å². The third-order valence-corrected chi connectivity index (χ3v) is 4.57. The minimum Gasteiger partial charge on any atom is -0.353 e. The molecule has 1 aromatic heterocycles. The van der Waals surface area contributed by atoms with Crippen LogP contribution in [0.15, 0.2) is 30.6 Å². The molecule has 2 heterocycles. The van der Waals surface area contributed by atoms with Crippen molar-refractivity contribution in [2.24, 2.45) is 0 Å². The fourth-order valence-electron chi connectivity index (χ4n) is 2.72. The van der Waals surface area contributed by atoms with Crippen molar-refractivity contribution >= 4 is 40.6 Å². The average molecular weight is 380 g/mol. The number of nitrogens with zero attached hydrogens (tertiary/aromatic N) is 4. The van der Waals surface area contributed by atoms with Gasteiger partial charge in [-0.3, -0.25) is 4.79 Å². The lowest BCUT2D eigenvalue weighted by Crippen LogP contribution is -2.46. The number of nitrogens with one attached hydrogen (secondary N) is 1. The number of benzene rings is 1. The van der Waals surface area contributed by atoms with Crippen LogP contribution in [-0.4, -0.2) is 53.5 Å². The van der Waals surface area contributed by atoms with Crippen LogP contribution in [0, 0.1) is 0 Å². The van der Waals surface area contributed by atoms with Crippen molar-refractivity contribution in [3.8, 4) is 0 Å². The van der Waals surface area contributed by atoms with Gasteiger partial charge in [0.2, 0.25) is 0 Å². The summed E-state index contributed by atoms with van der Waals surface area (Å²) in [7, 11) is 0. The highest BCUT2D eigenvalue weighted by molar-refractivity contribution is 6.35. The zero-order chi connectivity index (χ0) is 17.8. The Hall–Kier alpha value is -1.89. The normalized spacial score (nSPS) is 15.2. The van der Waals surface area contributed by atoms with E-state index < -0.39 is 0 Å². The van der Waals surface area contributed by atoms with Gasteiger partial charge in [0.1, 0.15) is 11.5 Å². The number of hydrogen-bond acceptors (Lipinski definition) is 5. The molecule has 8 heteroatoms. The van der Waals surface area contributed by atoms with Gasteiger partial charge in [0.25, 0.3) is 5.91 Å². The third-order valence-electron chi connectivity index (χ3n) is 4.13. The van der Waals surface area contributed by atoms with Gasteiger partial charge in [-0.25, -0.2) is 9.97 Å². The Morgan fingerprint density at radius 2 is 1.76 bits per heavy atom. The van der Waals surface area contributed by atoms with E-state index in [4.69, 9.17) is 23.2 Å². The first-order valence-electron chi connectivity index (χ1n) is 8.12. The lowest BCUT2D eigenvalue weighted by atomic mass is 10.3. The lowest BCUT2D eigenvalue weighted by Gasteiger charge is -2.34. The summed E-state index contributed by atoms with van der Waals surface area (Å²) in [6, 6.07) is 4.85. The molecule has 1 aliphatic rings. The predicted molar refractivity (Wildman–Crippen MR) is 101 cm³/mol. The minimum absolute atomic E-state index is 0.243. The molecule has 1 aliphatic heterocycles. The second kappa shape index (κ2) is 7.99. The van der Waals surface area contributed by atoms with Gasteiger partial charge in [0.05, 0.1) is 12.4 Å². The zero-order valence-corrected chi connectivity index (χ0v) is 15.4. The molecule has 0 spiro atoms. The van der Waals surface area contributed by atoms with Crippen LogP contribution in [0.2, 0.25) is 10.0 Å². The van der Waals surface area contributed by atoms with Crippen molar-refractivity contribution in [1.82, 2.24) is 14.9 Å². The number of amides is 1. The summed E-state index contributed by atoms with van der Waals surface area (Å²) in [4.78, 5) is 25.5. The minimum atomic E-state index is -0.354. The Balaban J connectivity index is 1.64. The first-order chi connectivity index (χ1) is 12.0. The van der Waals surface area contributed by atoms with Gasteiger partial charge < -0.3 is 15.1 Å². The van der Waals surface area contributed by atoms with Crippen molar-refractivity contribution in [2.75, 3.05) is 42.9 Å². The average Bonchev–Trinajstić information content (AvgIpc) is 2.61. The fraction of sp³-hybridized carbons (Fsp3) is 0.353. The van der Waals surface area contributed by atoms with Gasteiger partial charge in [0.15, 0.2) is 0 Å². The number of anilines is 2. The first kappa shape index (κ1) is 17.9. The largest absolute Gasteiger partial charge is 0.353 e. The first-order valence-corrected chi connectivity index (χ1v) is 8.87. The number of halogens is 2. The molecule has 1 fully saturated rings. The van der Waals surface area contributed by atoms with E-state index in [2.05, 4.69) is 32.0 Å². The topological polar surface area (TPSA) is 61.4 Å². The van der Waals surface area contributed by atoms with Crippen molar-refractivity contribution in [2.45, 2.75) is 6.92 Å². The molecular formula is C17H19Cl2N5O. The van der Waals surface area contributed by atoms with E-state index in [0.29, 0.717) is 15.7 Å².